The molecule has 2 aromatic rings. The van der Waals surface area contributed by atoms with Gasteiger partial charge in [-0.1, -0.05) is 34.1 Å². The van der Waals surface area contributed by atoms with Crippen LogP contribution in [0.4, 0.5) is 5.69 Å². The summed E-state index contributed by atoms with van der Waals surface area (Å²) < 4.78 is 5.79. The Morgan fingerprint density at radius 2 is 1.91 bits per heavy atom. The number of hydrogen-bond acceptors (Lipinski definition) is 3. The lowest BCUT2D eigenvalue weighted by molar-refractivity contribution is -0.119. The molecule has 0 spiro atoms. The van der Waals surface area contributed by atoms with E-state index < -0.39 is 5.97 Å². The standard InChI is InChI=1S/C17H16BrNO3/c1-11-6-7-12(2)15(8-11)19-16(20)10-22-17(21)13-4-3-5-14(18)9-13/h3-9H,10H2,1-2H3,(H,19,20). The largest absolute Gasteiger partial charge is 0.452 e. The highest BCUT2D eigenvalue weighted by Crippen LogP contribution is 2.16. The molecule has 0 radical (unpaired) electrons. The maximum atomic E-state index is 11.9. The van der Waals surface area contributed by atoms with Crippen LogP contribution in [0.1, 0.15) is 21.5 Å². The van der Waals surface area contributed by atoms with Crippen molar-refractivity contribution in [1.82, 2.24) is 0 Å². The molecule has 0 atom stereocenters. The number of esters is 1. The van der Waals surface area contributed by atoms with Crippen molar-refractivity contribution in [3.8, 4) is 0 Å². The number of halogens is 1. The van der Waals surface area contributed by atoms with E-state index in [1.54, 1.807) is 18.2 Å². The summed E-state index contributed by atoms with van der Waals surface area (Å²) in [7, 11) is 0. The van der Waals surface area contributed by atoms with E-state index in [1.807, 2.05) is 38.1 Å². The third-order valence-electron chi connectivity index (χ3n) is 3.06. The summed E-state index contributed by atoms with van der Waals surface area (Å²) in [4.78, 5) is 23.7. The monoisotopic (exact) mass is 361 g/mol. The first-order valence-electron chi connectivity index (χ1n) is 6.75. The zero-order chi connectivity index (χ0) is 16.1. The smallest absolute Gasteiger partial charge is 0.338 e. The van der Waals surface area contributed by atoms with Crippen LogP contribution < -0.4 is 5.32 Å². The molecule has 0 saturated heterocycles. The molecule has 5 heteroatoms. The van der Waals surface area contributed by atoms with Gasteiger partial charge in [-0.2, -0.15) is 0 Å². The normalized spacial score (nSPS) is 10.1. The summed E-state index contributed by atoms with van der Waals surface area (Å²) in [6.07, 6.45) is 0. The van der Waals surface area contributed by atoms with Crippen LogP contribution in [0.2, 0.25) is 0 Å². The Labute approximate surface area is 137 Å². The van der Waals surface area contributed by atoms with Gasteiger partial charge in [0.25, 0.3) is 5.91 Å². The maximum Gasteiger partial charge on any atom is 0.338 e. The van der Waals surface area contributed by atoms with Gasteiger partial charge in [-0.15, -0.1) is 0 Å². The van der Waals surface area contributed by atoms with Crippen LogP contribution in [0.25, 0.3) is 0 Å². The molecular formula is C17H16BrNO3. The first kappa shape index (κ1) is 16.2. The summed E-state index contributed by atoms with van der Waals surface area (Å²) in [5.74, 6) is -0.894. The predicted molar refractivity (Wildman–Crippen MR) is 89.0 cm³/mol. The number of carbonyl (C=O) groups is 2. The minimum atomic E-state index is -0.530. The van der Waals surface area contributed by atoms with Gasteiger partial charge in [0.05, 0.1) is 5.56 Å². The molecule has 0 heterocycles. The second-order valence-electron chi connectivity index (χ2n) is 4.95. The van der Waals surface area contributed by atoms with Crippen LogP contribution in [-0.2, 0) is 9.53 Å². The highest BCUT2D eigenvalue weighted by atomic mass is 79.9. The van der Waals surface area contributed by atoms with Gasteiger partial charge in [0.2, 0.25) is 0 Å². The lowest BCUT2D eigenvalue weighted by Gasteiger charge is -2.10. The molecule has 0 bridgehead atoms. The van der Waals surface area contributed by atoms with Crippen molar-refractivity contribution in [2.24, 2.45) is 0 Å². The summed E-state index contributed by atoms with van der Waals surface area (Å²) >= 11 is 3.28. The number of aryl methyl sites for hydroxylation is 2. The number of anilines is 1. The molecule has 2 rings (SSSR count). The molecule has 0 fully saturated rings. The van der Waals surface area contributed by atoms with Crippen LogP contribution in [0.5, 0.6) is 0 Å². The van der Waals surface area contributed by atoms with E-state index in [-0.39, 0.29) is 12.5 Å². The minimum absolute atomic E-state index is 0.321. The number of hydrogen-bond donors (Lipinski definition) is 1. The van der Waals surface area contributed by atoms with E-state index in [0.29, 0.717) is 5.56 Å². The molecule has 1 N–H and O–H groups in total. The van der Waals surface area contributed by atoms with E-state index in [1.165, 1.54) is 0 Å². The lowest BCUT2D eigenvalue weighted by atomic mass is 10.1. The Morgan fingerprint density at radius 3 is 2.64 bits per heavy atom. The Bertz CT molecular complexity index is 713. The first-order chi connectivity index (χ1) is 10.5. The van der Waals surface area contributed by atoms with Gasteiger partial charge in [-0.05, 0) is 49.2 Å². The average molecular weight is 362 g/mol. The van der Waals surface area contributed by atoms with Crippen molar-refractivity contribution in [2.75, 3.05) is 11.9 Å². The third-order valence-corrected chi connectivity index (χ3v) is 3.56. The molecule has 0 aromatic heterocycles. The molecule has 2 aromatic carbocycles. The second kappa shape index (κ2) is 7.22. The van der Waals surface area contributed by atoms with Crippen LogP contribution in [-0.4, -0.2) is 18.5 Å². The number of carbonyl (C=O) groups excluding carboxylic acids is 2. The van der Waals surface area contributed by atoms with Crippen molar-refractivity contribution >= 4 is 33.5 Å². The lowest BCUT2D eigenvalue weighted by Crippen LogP contribution is -2.21. The van der Waals surface area contributed by atoms with E-state index in [2.05, 4.69) is 21.2 Å². The fourth-order valence-corrected chi connectivity index (χ4v) is 2.29. The topological polar surface area (TPSA) is 55.4 Å². The first-order valence-corrected chi connectivity index (χ1v) is 7.55. The summed E-state index contributed by atoms with van der Waals surface area (Å²) in [6, 6.07) is 12.6. The molecule has 0 aliphatic carbocycles. The molecule has 0 aliphatic rings. The van der Waals surface area contributed by atoms with E-state index in [4.69, 9.17) is 4.74 Å². The quantitative estimate of drug-likeness (QED) is 0.841. The van der Waals surface area contributed by atoms with Crippen molar-refractivity contribution in [3.05, 3.63) is 63.6 Å². The third kappa shape index (κ3) is 4.43. The van der Waals surface area contributed by atoms with Gasteiger partial charge in [-0.25, -0.2) is 4.79 Å². The minimum Gasteiger partial charge on any atom is -0.452 e. The molecule has 4 nitrogen and oxygen atoms in total. The Kier molecular flexibility index (Phi) is 5.33. The SMILES string of the molecule is Cc1ccc(C)c(NC(=O)COC(=O)c2cccc(Br)c2)c1. The average Bonchev–Trinajstić information content (AvgIpc) is 2.48. The van der Waals surface area contributed by atoms with Gasteiger partial charge in [0.1, 0.15) is 0 Å². The Hall–Kier alpha value is -2.14. The molecule has 0 saturated carbocycles. The number of rotatable bonds is 4. The fraction of sp³-hybridized carbons (Fsp3) is 0.176. The Balaban J connectivity index is 1.93. The van der Waals surface area contributed by atoms with Gasteiger partial charge >= 0.3 is 5.97 Å². The number of benzene rings is 2. The van der Waals surface area contributed by atoms with Crippen molar-refractivity contribution < 1.29 is 14.3 Å². The molecule has 114 valence electrons. The highest BCUT2D eigenvalue weighted by Gasteiger charge is 2.11. The van der Waals surface area contributed by atoms with E-state index >= 15 is 0 Å². The highest BCUT2D eigenvalue weighted by molar-refractivity contribution is 9.10. The van der Waals surface area contributed by atoms with E-state index in [0.717, 1.165) is 21.3 Å². The van der Waals surface area contributed by atoms with Crippen molar-refractivity contribution in [2.45, 2.75) is 13.8 Å². The number of nitrogens with one attached hydrogen (secondary N) is 1. The van der Waals surface area contributed by atoms with Crippen molar-refractivity contribution in [1.29, 1.82) is 0 Å². The van der Waals surface area contributed by atoms with Gasteiger partial charge in [-0.3, -0.25) is 4.79 Å². The molecule has 1 amide bonds. The molecule has 22 heavy (non-hydrogen) atoms. The van der Waals surface area contributed by atoms with Crippen LogP contribution >= 0.6 is 15.9 Å². The Morgan fingerprint density at radius 1 is 1.14 bits per heavy atom. The van der Waals surface area contributed by atoms with Gasteiger partial charge in [0.15, 0.2) is 6.61 Å². The van der Waals surface area contributed by atoms with Crippen LogP contribution in [0, 0.1) is 13.8 Å². The van der Waals surface area contributed by atoms with Gasteiger partial charge in [0, 0.05) is 10.2 Å². The number of ether oxygens (including phenoxy) is 1. The van der Waals surface area contributed by atoms with Crippen LogP contribution in [0.3, 0.4) is 0 Å². The molecule has 0 aliphatic heterocycles. The predicted octanol–water partition coefficient (Wildman–Crippen LogP) is 3.86. The zero-order valence-electron chi connectivity index (χ0n) is 12.4. The van der Waals surface area contributed by atoms with E-state index in [9.17, 15) is 9.59 Å². The summed E-state index contributed by atoms with van der Waals surface area (Å²) in [5.41, 5.74) is 3.13. The van der Waals surface area contributed by atoms with Crippen molar-refractivity contribution in [3.63, 3.8) is 0 Å². The molecular weight excluding hydrogens is 346 g/mol. The fourth-order valence-electron chi connectivity index (χ4n) is 1.89. The van der Waals surface area contributed by atoms with Crippen LogP contribution in [0.15, 0.2) is 46.9 Å². The molecule has 0 unspecified atom stereocenters. The second-order valence-corrected chi connectivity index (χ2v) is 5.87. The maximum absolute atomic E-state index is 11.9. The van der Waals surface area contributed by atoms with Gasteiger partial charge < -0.3 is 10.1 Å². The number of amides is 1. The summed E-state index contributed by atoms with van der Waals surface area (Å²) in [5, 5.41) is 2.74. The zero-order valence-corrected chi connectivity index (χ0v) is 13.9. The summed E-state index contributed by atoms with van der Waals surface area (Å²) in [6.45, 7) is 3.53.